The summed E-state index contributed by atoms with van der Waals surface area (Å²) in [6.45, 7) is 3.63. The van der Waals surface area contributed by atoms with Gasteiger partial charge in [0.2, 0.25) is 17.7 Å². The zero-order chi connectivity index (χ0) is 30.2. The largest absolute Gasteiger partial charge is 0.462 e. The Labute approximate surface area is 254 Å². The summed E-state index contributed by atoms with van der Waals surface area (Å²) in [6, 6.07) is 17.0. The van der Waals surface area contributed by atoms with E-state index in [4.69, 9.17) is 4.74 Å². The molecule has 3 atom stereocenters. The highest BCUT2D eigenvalue weighted by Gasteiger charge is 2.56. The van der Waals surface area contributed by atoms with Gasteiger partial charge in [0.15, 0.2) is 0 Å². The smallest absolute Gasteiger partial charge is 0.338 e. The first-order chi connectivity index (χ1) is 20.8. The number of anilines is 2. The quantitative estimate of drug-likeness (QED) is 0.242. The first-order valence-corrected chi connectivity index (χ1v) is 15.3. The number of fused-ring (bicyclic) bond motifs is 2. The van der Waals surface area contributed by atoms with Crippen molar-refractivity contribution in [3.63, 3.8) is 0 Å². The second kappa shape index (κ2) is 11.6. The maximum absolute atomic E-state index is 14.0. The molecule has 6 rings (SSSR count). The Morgan fingerprint density at radius 1 is 1.00 bits per heavy atom. The number of benzene rings is 2. The van der Waals surface area contributed by atoms with Crippen molar-refractivity contribution in [2.45, 2.75) is 36.6 Å². The van der Waals surface area contributed by atoms with E-state index in [1.807, 2.05) is 25.1 Å². The minimum Gasteiger partial charge on any atom is -0.462 e. The predicted octanol–water partition coefficient (Wildman–Crippen LogP) is 4.22. The average molecular weight is 615 g/mol. The lowest BCUT2D eigenvalue weighted by molar-refractivity contribution is -0.122. The molecule has 1 saturated heterocycles. The number of pyridine rings is 1. The summed E-state index contributed by atoms with van der Waals surface area (Å²) in [5.74, 6) is -3.14. The van der Waals surface area contributed by atoms with E-state index in [-0.39, 0.29) is 23.9 Å². The number of carbonyl (C=O) groups is 4. The van der Waals surface area contributed by atoms with Crippen molar-refractivity contribution in [3.05, 3.63) is 104 Å². The lowest BCUT2D eigenvalue weighted by Gasteiger charge is -2.30. The third kappa shape index (κ3) is 5.28. The van der Waals surface area contributed by atoms with E-state index >= 15 is 0 Å². The van der Waals surface area contributed by atoms with Gasteiger partial charge >= 0.3 is 10.8 Å². The molecule has 2 aromatic heterocycles. The Kier molecular flexibility index (Phi) is 7.72. The van der Waals surface area contributed by atoms with Gasteiger partial charge in [0, 0.05) is 28.9 Å². The Morgan fingerprint density at radius 3 is 2.42 bits per heavy atom. The molecule has 43 heavy (non-hydrogen) atoms. The maximum Gasteiger partial charge on any atom is 0.338 e. The fourth-order valence-corrected chi connectivity index (χ4v) is 8.14. The molecule has 1 N–H and O–H groups in total. The van der Waals surface area contributed by atoms with Crippen LogP contribution in [0.4, 0.5) is 11.4 Å². The fourth-order valence-electron chi connectivity index (χ4n) is 5.37. The van der Waals surface area contributed by atoms with E-state index in [0.29, 0.717) is 32.4 Å². The van der Waals surface area contributed by atoms with E-state index < -0.39 is 34.9 Å². The number of amides is 3. The summed E-state index contributed by atoms with van der Waals surface area (Å²) in [4.78, 5) is 71.9. The van der Waals surface area contributed by atoms with E-state index in [1.165, 1.54) is 16.7 Å². The zero-order valence-electron chi connectivity index (χ0n) is 23.2. The van der Waals surface area contributed by atoms with Gasteiger partial charge in [0.05, 0.1) is 28.8 Å². The second-order valence-corrected chi connectivity index (χ2v) is 12.3. The monoisotopic (exact) mass is 614 g/mol. The van der Waals surface area contributed by atoms with Crippen LogP contribution in [0.3, 0.4) is 0 Å². The van der Waals surface area contributed by atoms with Crippen LogP contribution in [0.15, 0.2) is 82.9 Å². The molecule has 2 aliphatic heterocycles. The van der Waals surface area contributed by atoms with Crippen LogP contribution in [-0.4, -0.2) is 45.1 Å². The summed E-state index contributed by atoms with van der Waals surface area (Å²) < 4.78 is 6.42. The number of hydrogen-bond donors (Lipinski definition) is 1. The highest BCUT2D eigenvalue weighted by Crippen LogP contribution is 2.53. The van der Waals surface area contributed by atoms with Crippen molar-refractivity contribution in [1.29, 1.82) is 0 Å². The average Bonchev–Trinajstić information content (AvgIpc) is 3.45. The Morgan fingerprint density at radius 2 is 1.74 bits per heavy atom. The van der Waals surface area contributed by atoms with Gasteiger partial charge in [-0.2, -0.15) is 0 Å². The van der Waals surface area contributed by atoms with Gasteiger partial charge in [-0.05, 0) is 61.9 Å². The highest BCUT2D eigenvalue weighted by molar-refractivity contribution is 8.00. The van der Waals surface area contributed by atoms with E-state index in [1.54, 1.807) is 49.6 Å². The van der Waals surface area contributed by atoms with Gasteiger partial charge in [-0.1, -0.05) is 46.9 Å². The molecule has 0 bridgehead atoms. The summed E-state index contributed by atoms with van der Waals surface area (Å²) >= 11 is 2.11. The summed E-state index contributed by atoms with van der Waals surface area (Å²) in [5, 5.41) is 2.47. The molecule has 0 spiro atoms. The van der Waals surface area contributed by atoms with Crippen molar-refractivity contribution in [3.8, 4) is 0 Å². The molecule has 2 aromatic carbocycles. The van der Waals surface area contributed by atoms with Gasteiger partial charge in [-0.25, -0.2) is 9.69 Å². The summed E-state index contributed by atoms with van der Waals surface area (Å²) in [7, 11) is 0. The van der Waals surface area contributed by atoms with Crippen LogP contribution < -0.4 is 15.1 Å². The number of nitrogens with one attached hydrogen (secondary N) is 1. The number of aryl methyl sites for hydroxylation is 1. The SMILES string of the molecule is CCOC(=O)c1ccc(N2C(=O)C3Sc4c(sc(=O)n4CC(=O)Nc4ccc(C)cc4)C(c4cccnc4)C3C2=O)cc1. The first kappa shape index (κ1) is 28.6. The minimum absolute atomic E-state index is 0.225. The van der Waals surface area contributed by atoms with E-state index in [0.717, 1.165) is 33.6 Å². The number of thioether (sulfide) groups is 1. The van der Waals surface area contributed by atoms with Crippen LogP contribution in [0.1, 0.15) is 39.2 Å². The molecule has 2 aliphatic rings. The molecule has 4 aromatic rings. The molecule has 3 unspecified atom stereocenters. The van der Waals surface area contributed by atoms with Crippen LogP contribution in [0.5, 0.6) is 0 Å². The molecule has 1 fully saturated rings. The van der Waals surface area contributed by atoms with E-state index in [2.05, 4.69) is 10.3 Å². The number of hydrogen-bond acceptors (Lipinski definition) is 9. The maximum atomic E-state index is 14.0. The Bertz CT molecular complexity index is 1780. The molecule has 4 heterocycles. The molecular weight excluding hydrogens is 588 g/mol. The topological polar surface area (TPSA) is 128 Å². The van der Waals surface area contributed by atoms with Crippen molar-refractivity contribution in [2.75, 3.05) is 16.8 Å². The Balaban J connectivity index is 1.35. The number of ether oxygens (including phenoxy) is 1. The number of imide groups is 1. The fraction of sp³-hybridized carbons (Fsp3) is 0.226. The van der Waals surface area contributed by atoms with Crippen LogP contribution in [0, 0.1) is 12.8 Å². The summed E-state index contributed by atoms with van der Waals surface area (Å²) in [5.41, 5.74) is 2.99. The number of rotatable bonds is 7. The van der Waals surface area contributed by atoms with Gasteiger partial charge in [0.1, 0.15) is 11.8 Å². The minimum atomic E-state index is -0.838. The number of carbonyl (C=O) groups excluding carboxylic acids is 4. The van der Waals surface area contributed by atoms with Gasteiger partial charge in [0.25, 0.3) is 0 Å². The lowest BCUT2D eigenvalue weighted by atomic mass is 9.84. The van der Waals surface area contributed by atoms with Crippen molar-refractivity contribution in [2.24, 2.45) is 5.92 Å². The highest BCUT2D eigenvalue weighted by atomic mass is 32.2. The van der Waals surface area contributed by atoms with Crippen LogP contribution >= 0.6 is 23.1 Å². The molecule has 218 valence electrons. The first-order valence-electron chi connectivity index (χ1n) is 13.6. The second-order valence-electron chi connectivity index (χ2n) is 10.1. The van der Waals surface area contributed by atoms with Gasteiger partial charge < -0.3 is 10.1 Å². The number of aromatic nitrogens is 2. The molecule has 0 saturated carbocycles. The number of esters is 1. The van der Waals surface area contributed by atoms with Crippen LogP contribution in [-0.2, 0) is 25.7 Å². The Hall–Kier alpha value is -4.55. The van der Waals surface area contributed by atoms with Crippen molar-refractivity contribution < 1.29 is 23.9 Å². The number of thiazole rings is 1. The molecule has 0 aliphatic carbocycles. The molecule has 12 heteroatoms. The number of nitrogens with zero attached hydrogens (tertiary/aromatic N) is 3. The predicted molar refractivity (Wildman–Crippen MR) is 162 cm³/mol. The lowest BCUT2D eigenvalue weighted by Crippen LogP contribution is -2.33. The standard InChI is InChI=1S/C31H26N4O6S2/c1-3-41-30(39)18-8-12-21(13-9-18)35-27(37)24-23(19-5-4-14-32-15-19)26-29(42-25(24)28(35)38)34(31(40)43-26)16-22(36)33-20-10-6-17(2)7-11-20/h4-15,23-25H,3,16H2,1-2H3,(H,33,36). The van der Waals surface area contributed by atoms with Gasteiger partial charge in [-0.15, -0.1) is 0 Å². The van der Waals surface area contributed by atoms with Crippen molar-refractivity contribution in [1.82, 2.24) is 9.55 Å². The molecule has 0 radical (unpaired) electrons. The molecular formula is C31H26N4O6S2. The third-order valence-electron chi connectivity index (χ3n) is 7.37. The van der Waals surface area contributed by atoms with Gasteiger partial charge in [-0.3, -0.25) is 28.7 Å². The van der Waals surface area contributed by atoms with Crippen LogP contribution in [0.25, 0.3) is 0 Å². The summed E-state index contributed by atoms with van der Waals surface area (Å²) in [6.07, 6.45) is 3.25. The van der Waals surface area contributed by atoms with E-state index in [9.17, 15) is 24.0 Å². The molecule has 10 nitrogen and oxygen atoms in total. The normalized spacial score (nSPS) is 19.1. The third-order valence-corrected chi connectivity index (χ3v) is 9.97. The zero-order valence-corrected chi connectivity index (χ0v) is 24.8. The van der Waals surface area contributed by atoms with Crippen LogP contribution in [0.2, 0.25) is 0 Å². The molecule has 3 amide bonds. The van der Waals surface area contributed by atoms with Crippen molar-refractivity contribution >= 4 is 58.2 Å².